The molecule has 1 aromatic heterocycles. The normalized spacial score (nSPS) is 12.4. The summed E-state index contributed by atoms with van der Waals surface area (Å²) in [6.07, 6.45) is 1.75. The number of rotatable bonds is 3. The fourth-order valence-corrected chi connectivity index (χ4v) is 2.17. The molecule has 1 aromatic carbocycles. The maximum absolute atomic E-state index is 11.0. The molecule has 0 spiro atoms. The topological polar surface area (TPSA) is 42.2 Å². The molecular formula is C13H12ClNO2. The van der Waals surface area contributed by atoms with Crippen LogP contribution in [0, 0.1) is 0 Å². The molecule has 1 unspecified atom stereocenters. The van der Waals surface area contributed by atoms with Crippen LogP contribution in [-0.4, -0.2) is 15.6 Å². The molecule has 1 heterocycles. The third-order valence-electron chi connectivity index (χ3n) is 2.77. The maximum Gasteiger partial charge on any atom is 0.352 e. The first kappa shape index (κ1) is 11.7. The lowest BCUT2D eigenvalue weighted by atomic mass is 10.1. The highest BCUT2D eigenvalue weighted by Gasteiger charge is 2.16. The quantitative estimate of drug-likeness (QED) is 0.905. The molecule has 0 radical (unpaired) electrons. The highest BCUT2D eigenvalue weighted by Crippen LogP contribution is 2.26. The molecule has 4 heteroatoms. The molecule has 0 bridgehead atoms. The van der Waals surface area contributed by atoms with E-state index in [9.17, 15) is 4.79 Å². The lowest BCUT2D eigenvalue weighted by molar-refractivity contribution is 0.0684. The minimum Gasteiger partial charge on any atom is -0.477 e. The van der Waals surface area contributed by atoms with Crippen molar-refractivity contribution in [3.8, 4) is 0 Å². The summed E-state index contributed by atoms with van der Waals surface area (Å²) < 4.78 is 1.70. The molecule has 0 saturated heterocycles. The van der Waals surface area contributed by atoms with Gasteiger partial charge in [0.15, 0.2) is 0 Å². The van der Waals surface area contributed by atoms with E-state index in [1.54, 1.807) is 29.0 Å². The molecule has 88 valence electrons. The second-order valence-electron chi connectivity index (χ2n) is 3.80. The van der Waals surface area contributed by atoms with E-state index in [2.05, 4.69) is 0 Å². The Balaban J connectivity index is 2.44. The predicted molar refractivity (Wildman–Crippen MR) is 66.7 cm³/mol. The molecule has 0 aliphatic heterocycles. The summed E-state index contributed by atoms with van der Waals surface area (Å²) in [5.41, 5.74) is 1.17. The Morgan fingerprint density at radius 3 is 2.65 bits per heavy atom. The van der Waals surface area contributed by atoms with Crippen LogP contribution in [0.25, 0.3) is 0 Å². The Bertz CT molecular complexity index is 548. The van der Waals surface area contributed by atoms with Gasteiger partial charge in [-0.05, 0) is 30.7 Å². The van der Waals surface area contributed by atoms with E-state index in [0.29, 0.717) is 5.02 Å². The summed E-state index contributed by atoms with van der Waals surface area (Å²) in [4.78, 5) is 11.0. The van der Waals surface area contributed by atoms with Crippen LogP contribution in [0.5, 0.6) is 0 Å². The number of nitrogens with zero attached hydrogens (tertiary/aromatic N) is 1. The molecule has 0 fully saturated rings. The SMILES string of the molecule is CC(c1ccccc1Cl)n1cccc1C(=O)O. The second kappa shape index (κ2) is 4.63. The van der Waals surface area contributed by atoms with Crippen molar-refractivity contribution in [3.05, 3.63) is 58.9 Å². The molecule has 0 aliphatic rings. The number of carboxylic acids is 1. The third-order valence-corrected chi connectivity index (χ3v) is 3.11. The van der Waals surface area contributed by atoms with E-state index < -0.39 is 5.97 Å². The smallest absolute Gasteiger partial charge is 0.352 e. The van der Waals surface area contributed by atoms with Crippen molar-refractivity contribution in [2.24, 2.45) is 0 Å². The largest absolute Gasteiger partial charge is 0.477 e. The van der Waals surface area contributed by atoms with Crippen molar-refractivity contribution in [1.82, 2.24) is 4.57 Å². The number of aromatic carboxylic acids is 1. The Morgan fingerprint density at radius 1 is 1.29 bits per heavy atom. The Hall–Kier alpha value is -1.74. The van der Waals surface area contributed by atoms with E-state index in [1.165, 1.54) is 0 Å². The molecule has 2 aromatic rings. The molecular weight excluding hydrogens is 238 g/mol. The van der Waals surface area contributed by atoms with Crippen LogP contribution in [0.1, 0.15) is 29.0 Å². The number of carboxylic acid groups (broad SMARTS) is 1. The van der Waals surface area contributed by atoms with Crippen LogP contribution in [0.15, 0.2) is 42.6 Å². The number of aromatic nitrogens is 1. The minimum atomic E-state index is -0.936. The van der Waals surface area contributed by atoms with Gasteiger partial charge in [0.2, 0.25) is 0 Å². The highest BCUT2D eigenvalue weighted by atomic mass is 35.5. The van der Waals surface area contributed by atoms with Crippen molar-refractivity contribution in [1.29, 1.82) is 0 Å². The van der Waals surface area contributed by atoms with Crippen LogP contribution in [-0.2, 0) is 0 Å². The second-order valence-corrected chi connectivity index (χ2v) is 4.21. The van der Waals surface area contributed by atoms with Crippen molar-refractivity contribution < 1.29 is 9.90 Å². The van der Waals surface area contributed by atoms with Crippen molar-refractivity contribution in [3.63, 3.8) is 0 Å². The number of benzene rings is 1. The van der Waals surface area contributed by atoms with Gasteiger partial charge >= 0.3 is 5.97 Å². The zero-order valence-electron chi connectivity index (χ0n) is 9.30. The summed E-state index contributed by atoms with van der Waals surface area (Å²) in [6, 6.07) is 10.6. The standard InChI is InChI=1S/C13H12ClNO2/c1-9(10-5-2-3-6-11(10)14)15-8-4-7-12(15)13(16)17/h2-9H,1H3,(H,16,17). The monoisotopic (exact) mass is 249 g/mol. The summed E-state index contributed by atoms with van der Waals surface area (Å²) in [6.45, 7) is 1.92. The van der Waals surface area contributed by atoms with Gasteiger partial charge in [0, 0.05) is 11.2 Å². The minimum absolute atomic E-state index is 0.107. The average molecular weight is 250 g/mol. The van der Waals surface area contributed by atoms with Gasteiger partial charge in [-0.2, -0.15) is 0 Å². The number of hydrogen-bond acceptors (Lipinski definition) is 1. The van der Waals surface area contributed by atoms with E-state index in [4.69, 9.17) is 16.7 Å². The lowest BCUT2D eigenvalue weighted by Gasteiger charge is -2.17. The highest BCUT2D eigenvalue weighted by molar-refractivity contribution is 6.31. The van der Waals surface area contributed by atoms with Gasteiger partial charge in [0.1, 0.15) is 5.69 Å². The maximum atomic E-state index is 11.0. The first-order valence-electron chi connectivity index (χ1n) is 5.26. The van der Waals surface area contributed by atoms with Gasteiger partial charge in [-0.15, -0.1) is 0 Å². The van der Waals surface area contributed by atoms with Crippen LogP contribution in [0.4, 0.5) is 0 Å². The first-order valence-corrected chi connectivity index (χ1v) is 5.63. The molecule has 3 nitrogen and oxygen atoms in total. The van der Waals surface area contributed by atoms with Crippen LogP contribution < -0.4 is 0 Å². The summed E-state index contributed by atoms with van der Waals surface area (Å²) >= 11 is 6.11. The fraction of sp³-hybridized carbons (Fsp3) is 0.154. The Labute approximate surface area is 104 Å². The van der Waals surface area contributed by atoms with Gasteiger partial charge in [-0.1, -0.05) is 29.8 Å². The van der Waals surface area contributed by atoms with Gasteiger partial charge in [0.05, 0.1) is 6.04 Å². The fourth-order valence-electron chi connectivity index (χ4n) is 1.88. The van der Waals surface area contributed by atoms with Gasteiger partial charge < -0.3 is 9.67 Å². The van der Waals surface area contributed by atoms with Crippen LogP contribution in [0.2, 0.25) is 5.02 Å². The van der Waals surface area contributed by atoms with Gasteiger partial charge in [-0.3, -0.25) is 0 Å². The van der Waals surface area contributed by atoms with Crippen LogP contribution in [0.3, 0.4) is 0 Å². The Morgan fingerprint density at radius 2 is 2.00 bits per heavy atom. The van der Waals surface area contributed by atoms with Gasteiger partial charge in [0.25, 0.3) is 0 Å². The van der Waals surface area contributed by atoms with Crippen molar-refractivity contribution in [2.75, 3.05) is 0 Å². The number of halogens is 1. The van der Waals surface area contributed by atoms with E-state index >= 15 is 0 Å². The lowest BCUT2D eigenvalue weighted by Crippen LogP contribution is -2.13. The molecule has 2 rings (SSSR count). The molecule has 0 amide bonds. The zero-order valence-corrected chi connectivity index (χ0v) is 10.1. The van der Waals surface area contributed by atoms with Gasteiger partial charge in [-0.25, -0.2) is 4.79 Å². The van der Waals surface area contributed by atoms with E-state index in [1.807, 2.05) is 25.1 Å². The molecule has 1 N–H and O–H groups in total. The van der Waals surface area contributed by atoms with E-state index in [0.717, 1.165) is 5.56 Å². The zero-order chi connectivity index (χ0) is 12.4. The summed E-state index contributed by atoms with van der Waals surface area (Å²) in [7, 11) is 0. The van der Waals surface area contributed by atoms with E-state index in [-0.39, 0.29) is 11.7 Å². The van der Waals surface area contributed by atoms with Crippen LogP contribution >= 0.6 is 11.6 Å². The molecule has 1 atom stereocenters. The number of carbonyl (C=O) groups is 1. The Kier molecular flexibility index (Phi) is 3.20. The molecule has 0 aliphatic carbocycles. The molecule has 17 heavy (non-hydrogen) atoms. The number of hydrogen-bond donors (Lipinski definition) is 1. The third kappa shape index (κ3) is 2.19. The van der Waals surface area contributed by atoms with Crippen molar-refractivity contribution in [2.45, 2.75) is 13.0 Å². The van der Waals surface area contributed by atoms with Crippen molar-refractivity contribution >= 4 is 17.6 Å². The summed E-state index contributed by atoms with van der Waals surface area (Å²) in [5.74, 6) is -0.936. The molecule has 0 saturated carbocycles. The predicted octanol–water partition coefficient (Wildman–Crippen LogP) is 3.45. The summed E-state index contributed by atoms with van der Waals surface area (Å²) in [5, 5.41) is 9.71. The average Bonchev–Trinajstić information content (AvgIpc) is 2.77. The first-order chi connectivity index (χ1) is 8.11.